The summed E-state index contributed by atoms with van der Waals surface area (Å²) in [5, 5.41) is 2.41. The molecular formula is C48H42N5+. The van der Waals surface area contributed by atoms with Gasteiger partial charge in [-0.1, -0.05) is 99.6 Å². The van der Waals surface area contributed by atoms with Crippen molar-refractivity contribution in [3.8, 4) is 17.2 Å². The fourth-order valence-electron chi connectivity index (χ4n) is 7.81. The minimum absolute atomic E-state index is 0.00278. The molecule has 3 heterocycles. The lowest BCUT2D eigenvalue weighted by Crippen LogP contribution is -2.14. The zero-order chi connectivity index (χ0) is 36.3. The highest BCUT2D eigenvalue weighted by Gasteiger charge is 2.23. The summed E-state index contributed by atoms with van der Waals surface area (Å²) in [5.74, 6) is 0.924. The van der Waals surface area contributed by atoms with Crippen LogP contribution in [-0.4, -0.2) is 18.7 Å². The minimum Gasteiger partial charge on any atom is -0.309 e. The van der Waals surface area contributed by atoms with Gasteiger partial charge in [-0.15, -0.1) is 0 Å². The number of hydrogen-bond acceptors (Lipinski definition) is 2. The molecule has 258 valence electrons. The van der Waals surface area contributed by atoms with Gasteiger partial charge < -0.3 is 4.90 Å². The Balaban J connectivity index is 1.27. The van der Waals surface area contributed by atoms with Gasteiger partial charge in [-0.25, -0.2) is 4.98 Å². The van der Waals surface area contributed by atoms with Crippen molar-refractivity contribution in [1.29, 1.82) is 0 Å². The van der Waals surface area contributed by atoms with Crippen LogP contribution < -0.4 is 4.90 Å². The highest BCUT2D eigenvalue weighted by Crippen LogP contribution is 2.42. The van der Waals surface area contributed by atoms with E-state index in [4.69, 9.17) is 4.98 Å². The molecule has 5 nitrogen and oxygen atoms in total. The average Bonchev–Trinajstić information content (AvgIpc) is 3.73. The maximum Gasteiger partial charge on any atom is 0.168 e. The van der Waals surface area contributed by atoms with Gasteiger partial charge in [-0.2, -0.15) is 9.13 Å². The predicted molar refractivity (Wildman–Crippen MR) is 222 cm³/mol. The van der Waals surface area contributed by atoms with Gasteiger partial charge in [-0.05, 0) is 90.6 Å². The van der Waals surface area contributed by atoms with Crippen molar-refractivity contribution in [3.63, 3.8) is 0 Å². The molecule has 0 radical (unpaired) electrons. The first kappa shape index (κ1) is 32.4. The fraction of sp³-hybridized carbons (Fsp3) is 0.125. The van der Waals surface area contributed by atoms with Crippen molar-refractivity contribution in [2.24, 2.45) is 0 Å². The first-order valence-corrected chi connectivity index (χ1v) is 18.3. The van der Waals surface area contributed by atoms with E-state index in [-0.39, 0.29) is 5.41 Å². The predicted octanol–water partition coefficient (Wildman–Crippen LogP) is 12.6. The Morgan fingerprint density at radius 1 is 0.528 bits per heavy atom. The molecule has 0 fully saturated rings. The van der Waals surface area contributed by atoms with Crippen LogP contribution in [0.4, 0.5) is 17.1 Å². The molecule has 53 heavy (non-hydrogen) atoms. The lowest BCUT2D eigenvalue weighted by Gasteiger charge is -2.29. The van der Waals surface area contributed by atoms with Crippen molar-refractivity contribution in [3.05, 3.63) is 181 Å². The molecule has 0 bridgehead atoms. The monoisotopic (exact) mass is 688 g/mol. The topological polar surface area (TPSA) is 30.9 Å². The normalized spacial score (nSPS) is 11.9. The van der Waals surface area contributed by atoms with Crippen LogP contribution >= 0.6 is 0 Å². The second kappa shape index (κ2) is 12.6. The van der Waals surface area contributed by atoms with E-state index in [1.807, 2.05) is 6.20 Å². The summed E-state index contributed by atoms with van der Waals surface area (Å²) in [4.78, 5) is 7.38. The number of nitrogens with zero attached hydrogens (tertiary/aromatic N) is 5. The number of imidazole rings is 1. The number of aromatic nitrogens is 4. The summed E-state index contributed by atoms with van der Waals surface area (Å²) < 4.78 is 6.89. The van der Waals surface area contributed by atoms with E-state index in [2.05, 4.69) is 211 Å². The van der Waals surface area contributed by atoms with Crippen LogP contribution in [0.2, 0.25) is 0 Å². The van der Waals surface area contributed by atoms with Gasteiger partial charge in [0.25, 0.3) is 0 Å². The highest BCUT2D eigenvalue weighted by molar-refractivity contribution is 6.10. The molecule has 0 aliphatic carbocycles. The van der Waals surface area contributed by atoms with Crippen molar-refractivity contribution in [1.82, 2.24) is 18.7 Å². The Labute approximate surface area is 310 Å². The van der Waals surface area contributed by atoms with E-state index >= 15 is 0 Å². The van der Waals surface area contributed by atoms with E-state index in [0.717, 1.165) is 50.6 Å². The molecule has 0 N–H and O–H groups in total. The van der Waals surface area contributed by atoms with Gasteiger partial charge in [0, 0.05) is 40.9 Å². The van der Waals surface area contributed by atoms with Gasteiger partial charge in [0.1, 0.15) is 17.2 Å². The van der Waals surface area contributed by atoms with Crippen molar-refractivity contribution >= 4 is 49.9 Å². The number of fused-ring (bicyclic) bond motifs is 4. The Hall–Kier alpha value is -6.46. The first-order chi connectivity index (χ1) is 25.8. The van der Waals surface area contributed by atoms with E-state index in [1.54, 1.807) is 0 Å². The Bertz CT molecular complexity index is 2780. The van der Waals surface area contributed by atoms with Crippen LogP contribution in [0.25, 0.3) is 50.0 Å². The Morgan fingerprint density at radius 3 is 1.87 bits per heavy atom. The van der Waals surface area contributed by atoms with Crippen LogP contribution in [0, 0.1) is 13.8 Å². The molecule has 5 heteroatoms. The molecule has 9 rings (SSSR count). The molecule has 6 aromatic carbocycles. The maximum absolute atomic E-state index is 4.95. The number of benzene rings is 6. The SMILES string of the molecule is Cc1cccc(C)c1N(c1cccc(-n2[cH+]n(-c3ccccc3)c3ccccc32)c1)c1ccc2c3ccccc3n(-c3cc(C(C)(C)C)ccn3)c2c1. The number of aryl methyl sites for hydroxylation is 2. The molecule has 0 atom stereocenters. The van der Waals surface area contributed by atoms with Crippen molar-refractivity contribution in [2.45, 2.75) is 40.0 Å². The molecule has 9 aromatic rings. The summed E-state index contributed by atoms with van der Waals surface area (Å²) in [7, 11) is 0. The second-order valence-corrected chi connectivity index (χ2v) is 15.0. The van der Waals surface area contributed by atoms with Gasteiger partial charge in [0.2, 0.25) is 0 Å². The van der Waals surface area contributed by atoms with Gasteiger partial charge in [0.15, 0.2) is 17.4 Å². The van der Waals surface area contributed by atoms with Gasteiger partial charge in [0.05, 0.1) is 22.4 Å². The standard InChI is InChI=1S/C48H42N5/c1-33-15-13-16-34(2)47(33)52(38-20-14-19-37(30-38)51-32-50(36-17-7-6-8-18-36)43-23-11-12-24-44(43)51)39-25-26-41-40-21-9-10-22-42(40)53(45(41)31-39)46-29-35(27-28-49-46)48(3,4)5/h6-32H,1-5H3/q+1. The highest BCUT2D eigenvalue weighted by atomic mass is 15.2. The molecule has 0 amide bonds. The third kappa shape index (κ3) is 5.57. The zero-order valence-electron chi connectivity index (χ0n) is 30.8. The summed E-state index contributed by atoms with van der Waals surface area (Å²) in [6.07, 6.45) is 4.15. The number of pyridine rings is 1. The average molecular weight is 689 g/mol. The third-order valence-electron chi connectivity index (χ3n) is 10.5. The number of para-hydroxylation sites is 5. The maximum atomic E-state index is 4.95. The molecule has 3 aromatic heterocycles. The van der Waals surface area contributed by atoms with E-state index in [1.165, 1.54) is 33.2 Å². The molecule has 0 unspecified atom stereocenters. The molecule has 0 aliphatic rings. The lowest BCUT2D eigenvalue weighted by atomic mass is 9.88. The largest absolute Gasteiger partial charge is 0.309 e. The minimum atomic E-state index is -0.00278. The lowest BCUT2D eigenvalue weighted by molar-refractivity contribution is 0.588. The third-order valence-corrected chi connectivity index (χ3v) is 10.5. The molecule has 0 saturated carbocycles. The van der Waals surface area contributed by atoms with Gasteiger partial charge >= 0.3 is 0 Å². The summed E-state index contributed by atoms with van der Waals surface area (Å²) in [6, 6.07) is 54.5. The van der Waals surface area contributed by atoms with Crippen LogP contribution in [0.15, 0.2) is 164 Å². The number of rotatable bonds is 6. The van der Waals surface area contributed by atoms with Gasteiger partial charge in [-0.3, -0.25) is 4.57 Å². The quantitative estimate of drug-likeness (QED) is 0.163. The fourth-order valence-corrected chi connectivity index (χ4v) is 7.81. The Kier molecular flexibility index (Phi) is 7.74. The molecule has 0 spiro atoms. The number of anilines is 3. The van der Waals surface area contributed by atoms with Crippen LogP contribution in [0.5, 0.6) is 0 Å². The van der Waals surface area contributed by atoms with E-state index in [9.17, 15) is 0 Å². The van der Waals surface area contributed by atoms with Crippen LogP contribution in [0.1, 0.15) is 37.5 Å². The van der Waals surface area contributed by atoms with E-state index < -0.39 is 0 Å². The zero-order valence-corrected chi connectivity index (χ0v) is 30.8. The first-order valence-electron chi connectivity index (χ1n) is 18.3. The summed E-state index contributed by atoms with van der Waals surface area (Å²) in [6.45, 7) is 11.2. The summed E-state index contributed by atoms with van der Waals surface area (Å²) in [5.41, 5.74) is 13.8. The second-order valence-electron chi connectivity index (χ2n) is 15.0. The summed E-state index contributed by atoms with van der Waals surface area (Å²) >= 11 is 0. The smallest absolute Gasteiger partial charge is 0.168 e. The Morgan fingerprint density at radius 2 is 1.13 bits per heavy atom. The van der Waals surface area contributed by atoms with Crippen LogP contribution in [-0.2, 0) is 5.41 Å². The molecular weight excluding hydrogens is 647 g/mol. The van der Waals surface area contributed by atoms with E-state index in [0.29, 0.717) is 0 Å². The molecule has 0 aliphatic heterocycles. The number of hydrogen-bond donors (Lipinski definition) is 0. The van der Waals surface area contributed by atoms with Crippen molar-refractivity contribution < 1.29 is 0 Å². The van der Waals surface area contributed by atoms with Crippen LogP contribution in [0.3, 0.4) is 0 Å². The molecule has 0 saturated heterocycles. The van der Waals surface area contributed by atoms with Crippen molar-refractivity contribution in [2.75, 3.05) is 4.90 Å².